The van der Waals surface area contributed by atoms with Gasteiger partial charge in [-0.2, -0.15) is 13.2 Å². The van der Waals surface area contributed by atoms with Crippen molar-refractivity contribution in [3.05, 3.63) is 29.8 Å². The monoisotopic (exact) mass is 497 g/mol. The van der Waals surface area contributed by atoms with Crippen molar-refractivity contribution in [1.82, 2.24) is 10.6 Å². The molecule has 1 heterocycles. The second-order valence-electron chi connectivity index (χ2n) is 7.07. The molecule has 1 aromatic rings. The highest BCUT2D eigenvalue weighted by atomic mass is 127. The number of aliphatic imine (C=N–C) groups is 1. The Bertz CT molecular complexity index is 639. The molecular weight excluding hydrogens is 470 g/mol. The van der Waals surface area contributed by atoms with Crippen molar-refractivity contribution in [2.45, 2.75) is 50.2 Å². The molecule has 3 rings (SSSR count). The van der Waals surface area contributed by atoms with Gasteiger partial charge in [0.05, 0.1) is 12.5 Å². The summed E-state index contributed by atoms with van der Waals surface area (Å²) < 4.78 is 44.6. The van der Waals surface area contributed by atoms with Crippen LogP contribution in [0, 0.1) is 5.92 Å². The molecule has 1 fully saturated rings. The Hall–Kier alpha value is -1.19. The number of hydrogen-bond acceptors (Lipinski definition) is 2. The van der Waals surface area contributed by atoms with Gasteiger partial charge in [-0.15, -0.1) is 24.0 Å². The lowest BCUT2D eigenvalue weighted by Crippen LogP contribution is -2.47. The zero-order chi connectivity index (χ0) is 18.6. The highest BCUT2D eigenvalue weighted by Crippen LogP contribution is 2.37. The Morgan fingerprint density at radius 1 is 1.22 bits per heavy atom. The number of alkyl halides is 3. The summed E-state index contributed by atoms with van der Waals surface area (Å²) in [5.74, 6) is 0.567. The molecule has 8 heteroatoms. The normalized spacial score (nSPS) is 25.6. The minimum absolute atomic E-state index is 0. The summed E-state index contributed by atoms with van der Waals surface area (Å²) in [5, 5.41) is 6.46. The summed E-state index contributed by atoms with van der Waals surface area (Å²) in [6.45, 7) is 1.35. The van der Waals surface area contributed by atoms with Crippen molar-refractivity contribution < 1.29 is 17.9 Å². The number of nitrogens with zero attached hydrogens (tertiary/aromatic N) is 1. The standard InChI is InChI=1S/C19H26F3N3O.HI/c1-23-18(25-15-6-4-5-14(11-15)19(20,21)22)24-12-13-9-10-26-17-8-3-2-7-16(13)17;/h2-3,7-8,13-15H,4-6,9-12H2,1H3,(H2,23,24,25);1H. The second-order valence-corrected chi connectivity index (χ2v) is 7.07. The van der Waals surface area contributed by atoms with E-state index < -0.39 is 12.1 Å². The van der Waals surface area contributed by atoms with Crippen LogP contribution in [-0.2, 0) is 0 Å². The third-order valence-electron chi connectivity index (χ3n) is 5.30. The van der Waals surface area contributed by atoms with Gasteiger partial charge in [-0.25, -0.2) is 0 Å². The quantitative estimate of drug-likeness (QED) is 0.369. The topological polar surface area (TPSA) is 45.7 Å². The van der Waals surface area contributed by atoms with Gasteiger partial charge in [-0.1, -0.05) is 24.6 Å². The fourth-order valence-electron chi connectivity index (χ4n) is 3.85. The lowest BCUT2D eigenvalue weighted by Gasteiger charge is -2.32. The van der Waals surface area contributed by atoms with Crippen LogP contribution in [0.2, 0.25) is 0 Å². The molecule has 0 spiro atoms. The van der Waals surface area contributed by atoms with Crippen LogP contribution in [0.3, 0.4) is 0 Å². The van der Waals surface area contributed by atoms with E-state index in [4.69, 9.17) is 4.74 Å². The lowest BCUT2D eigenvalue weighted by atomic mass is 9.85. The van der Waals surface area contributed by atoms with Gasteiger partial charge in [0.1, 0.15) is 5.75 Å². The maximum Gasteiger partial charge on any atom is 0.391 e. The summed E-state index contributed by atoms with van der Waals surface area (Å²) in [7, 11) is 1.65. The number of hydrogen-bond donors (Lipinski definition) is 2. The van der Waals surface area contributed by atoms with Gasteiger partial charge < -0.3 is 15.4 Å². The molecule has 0 amide bonds. The van der Waals surface area contributed by atoms with Crippen LogP contribution in [0.5, 0.6) is 5.75 Å². The Morgan fingerprint density at radius 2 is 2.00 bits per heavy atom. The number of fused-ring (bicyclic) bond motifs is 1. The van der Waals surface area contributed by atoms with E-state index in [9.17, 15) is 13.2 Å². The predicted molar refractivity (Wildman–Crippen MR) is 111 cm³/mol. The molecule has 2 N–H and O–H groups in total. The number of benzene rings is 1. The van der Waals surface area contributed by atoms with Crippen LogP contribution in [0.4, 0.5) is 13.2 Å². The molecule has 0 bridgehead atoms. The number of nitrogens with one attached hydrogen (secondary N) is 2. The van der Waals surface area contributed by atoms with E-state index in [2.05, 4.69) is 21.7 Å². The van der Waals surface area contributed by atoms with Gasteiger partial charge in [0.2, 0.25) is 0 Å². The number of guanidine groups is 1. The average Bonchev–Trinajstić information content (AvgIpc) is 2.64. The van der Waals surface area contributed by atoms with E-state index in [1.54, 1.807) is 7.05 Å². The molecule has 0 aromatic heterocycles. The summed E-state index contributed by atoms with van der Waals surface area (Å²) in [5.41, 5.74) is 1.16. The molecule has 1 aromatic carbocycles. The van der Waals surface area contributed by atoms with Gasteiger partial charge in [-0.3, -0.25) is 4.99 Å². The molecule has 152 valence electrons. The number of halogens is 4. The zero-order valence-electron chi connectivity index (χ0n) is 15.4. The lowest BCUT2D eigenvalue weighted by molar-refractivity contribution is -0.183. The van der Waals surface area contributed by atoms with Crippen LogP contribution in [0.25, 0.3) is 0 Å². The average molecular weight is 497 g/mol. The van der Waals surface area contributed by atoms with Crippen LogP contribution < -0.4 is 15.4 Å². The fraction of sp³-hybridized carbons (Fsp3) is 0.632. The Morgan fingerprint density at radius 3 is 2.74 bits per heavy atom. The summed E-state index contributed by atoms with van der Waals surface area (Å²) in [6, 6.07) is 7.78. The first-order valence-corrected chi connectivity index (χ1v) is 9.23. The van der Waals surface area contributed by atoms with E-state index in [0.717, 1.165) is 24.2 Å². The van der Waals surface area contributed by atoms with Crippen molar-refractivity contribution >= 4 is 29.9 Å². The van der Waals surface area contributed by atoms with E-state index >= 15 is 0 Å². The molecule has 1 saturated carbocycles. The Kier molecular flexibility index (Phi) is 8.05. The summed E-state index contributed by atoms with van der Waals surface area (Å²) in [6.07, 6.45) is -1.53. The van der Waals surface area contributed by atoms with Gasteiger partial charge in [0.25, 0.3) is 0 Å². The van der Waals surface area contributed by atoms with E-state index in [0.29, 0.717) is 31.4 Å². The maximum atomic E-state index is 13.0. The van der Waals surface area contributed by atoms with Crippen LogP contribution in [-0.4, -0.2) is 38.4 Å². The largest absolute Gasteiger partial charge is 0.493 e. The van der Waals surface area contributed by atoms with Gasteiger partial charge in [0, 0.05) is 25.6 Å². The third-order valence-corrected chi connectivity index (χ3v) is 5.30. The minimum Gasteiger partial charge on any atom is -0.493 e. The highest BCUT2D eigenvalue weighted by Gasteiger charge is 2.42. The zero-order valence-corrected chi connectivity index (χ0v) is 17.7. The summed E-state index contributed by atoms with van der Waals surface area (Å²) >= 11 is 0. The van der Waals surface area contributed by atoms with Crippen LogP contribution in [0.1, 0.15) is 43.6 Å². The second kappa shape index (κ2) is 9.84. The minimum atomic E-state index is -4.11. The first kappa shape index (κ1) is 22.1. The molecule has 0 radical (unpaired) electrons. The smallest absolute Gasteiger partial charge is 0.391 e. The van der Waals surface area contributed by atoms with Crippen molar-refractivity contribution in [2.24, 2.45) is 10.9 Å². The fourth-order valence-corrected chi connectivity index (χ4v) is 3.85. The maximum absolute atomic E-state index is 13.0. The van der Waals surface area contributed by atoms with Gasteiger partial charge in [0.15, 0.2) is 5.96 Å². The summed E-state index contributed by atoms with van der Waals surface area (Å²) in [4.78, 5) is 4.19. The molecule has 0 saturated heterocycles. The molecule has 1 aliphatic heterocycles. The molecule has 27 heavy (non-hydrogen) atoms. The van der Waals surface area contributed by atoms with E-state index in [1.165, 1.54) is 0 Å². The number of ether oxygens (including phenoxy) is 1. The van der Waals surface area contributed by atoms with Crippen molar-refractivity contribution in [1.29, 1.82) is 0 Å². The molecule has 3 atom stereocenters. The number of rotatable bonds is 3. The van der Waals surface area contributed by atoms with E-state index in [1.807, 2.05) is 18.2 Å². The Labute approximate surface area is 175 Å². The SMILES string of the molecule is CN=C(NCC1CCOc2ccccc21)NC1CCCC(C(F)(F)F)C1.I. The van der Waals surface area contributed by atoms with E-state index in [-0.39, 0.29) is 42.9 Å². The molecule has 3 unspecified atom stereocenters. The van der Waals surface area contributed by atoms with Crippen molar-refractivity contribution in [2.75, 3.05) is 20.2 Å². The van der Waals surface area contributed by atoms with Crippen molar-refractivity contribution in [3.8, 4) is 5.75 Å². The Balaban J connectivity index is 0.00000261. The molecule has 2 aliphatic rings. The highest BCUT2D eigenvalue weighted by molar-refractivity contribution is 14.0. The first-order valence-electron chi connectivity index (χ1n) is 9.23. The molecular formula is C19H27F3IN3O. The van der Waals surface area contributed by atoms with Crippen LogP contribution >= 0.6 is 24.0 Å². The molecule has 4 nitrogen and oxygen atoms in total. The predicted octanol–water partition coefficient (Wildman–Crippen LogP) is 4.46. The number of para-hydroxylation sites is 1. The third kappa shape index (κ3) is 5.89. The van der Waals surface area contributed by atoms with Gasteiger partial charge >= 0.3 is 6.18 Å². The van der Waals surface area contributed by atoms with Crippen LogP contribution in [0.15, 0.2) is 29.3 Å². The first-order chi connectivity index (χ1) is 12.5. The van der Waals surface area contributed by atoms with Gasteiger partial charge in [-0.05, 0) is 37.3 Å². The molecule has 1 aliphatic carbocycles. The van der Waals surface area contributed by atoms with Crippen molar-refractivity contribution in [3.63, 3.8) is 0 Å².